The van der Waals surface area contributed by atoms with Crippen LogP contribution < -0.4 is 5.32 Å². The van der Waals surface area contributed by atoms with Crippen molar-refractivity contribution in [2.45, 2.75) is 31.7 Å². The molecule has 0 unspecified atom stereocenters. The number of carbonyl (C=O) groups excluding carboxylic acids is 2. The van der Waals surface area contributed by atoms with Crippen LogP contribution in [-0.2, 0) is 14.8 Å². The Morgan fingerprint density at radius 1 is 1.03 bits per heavy atom. The molecule has 1 saturated heterocycles. The zero-order valence-electron chi connectivity index (χ0n) is 17.4. The Labute approximate surface area is 181 Å². The van der Waals surface area contributed by atoms with Gasteiger partial charge in [-0.3, -0.25) is 9.59 Å². The van der Waals surface area contributed by atoms with E-state index in [1.807, 2.05) is 31.4 Å². The van der Waals surface area contributed by atoms with Crippen LogP contribution in [-0.4, -0.2) is 55.6 Å². The van der Waals surface area contributed by atoms with Crippen LogP contribution in [0.4, 0.5) is 0 Å². The summed E-state index contributed by atoms with van der Waals surface area (Å²) in [7, 11) is -3.66. The Bertz CT molecular complexity index is 978. The van der Waals surface area contributed by atoms with Crippen molar-refractivity contribution in [2.24, 2.45) is 5.92 Å². The number of sulfonamides is 1. The second-order valence-corrected chi connectivity index (χ2v) is 10.6. The van der Waals surface area contributed by atoms with Gasteiger partial charge >= 0.3 is 0 Å². The monoisotopic (exact) mass is 449 g/mol. The van der Waals surface area contributed by atoms with Crippen LogP contribution in [0, 0.1) is 5.92 Å². The van der Waals surface area contributed by atoms with Gasteiger partial charge in [0.05, 0.1) is 10.9 Å². The highest BCUT2D eigenvalue weighted by Crippen LogP contribution is 2.26. The van der Waals surface area contributed by atoms with Crippen LogP contribution in [0.15, 0.2) is 46.7 Å². The largest absolute Gasteiger partial charge is 0.344 e. The number of hydrogen-bond donors (Lipinski definition) is 1. The number of thiophene rings is 1. The van der Waals surface area contributed by atoms with E-state index >= 15 is 0 Å². The number of nitrogens with one attached hydrogen (secondary N) is 1. The molecular formula is C21H27N3O4S2. The fraction of sp³-hybridized carbons (Fsp3) is 0.429. The Hall–Kier alpha value is -2.23. The summed E-state index contributed by atoms with van der Waals surface area (Å²) in [6.45, 7) is 6.87. The fourth-order valence-electron chi connectivity index (χ4n) is 3.43. The molecule has 0 saturated carbocycles. The second-order valence-electron chi connectivity index (χ2n) is 7.65. The van der Waals surface area contributed by atoms with Gasteiger partial charge in [-0.25, -0.2) is 8.42 Å². The van der Waals surface area contributed by atoms with Gasteiger partial charge in [-0.15, -0.1) is 11.3 Å². The Morgan fingerprint density at radius 3 is 2.17 bits per heavy atom. The van der Waals surface area contributed by atoms with E-state index in [0.29, 0.717) is 18.7 Å². The van der Waals surface area contributed by atoms with Crippen LogP contribution in [0.1, 0.15) is 42.0 Å². The highest BCUT2D eigenvalue weighted by Gasteiger charge is 2.29. The molecule has 1 fully saturated rings. The number of rotatable bonds is 6. The number of hydrogen-bond acceptors (Lipinski definition) is 5. The van der Waals surface area contributed by atoms with E-state index in [-0.39, 0.29) is 41.8 Å². The topological polar surface area (TPSA) is 86.8 Å². The number of piperazine rings is 1. The SMILES string of the molecule is CC(=O)N1CCN(S(=O)(=O)c2ccc(C(=O)N[C@H](c3cccs3)C(C)C)cc2)CC1. The van der Waals surface area contributed by atoms with Crippen molar-refractivity contribution in [1.29, 1.82) is 0 Å². The van der Waals surface area contributed by atoms with Gasteiger partial charge in [0.25, 0.3) is 5.91 Å². The minimum Gasteiger partial charge on any atom is -0.344 e. The molecule has 0 radical (unpaired) electrons. The summed E-state index contributed by atoms with van der Waals surface area (Å²) in [4.78, 5) is 27.0. The standard InChI is InChI=1S/C21H27N3O4S2/c1-15(2)20(19-5-4-14-29-19)22-21(26)17-6-8-18(9-7-17)30(27,28)24-12-10-23(11-13-24)16(3)25/h4-9,14-15,20H,10-13H2,1-3H3,(H,22,26)/t20-/m0/s1. The van der Waals surface area contributed by atoms with Gasteiger partial charge in [0, 0.05) is 43.5 Å². The maximum Gasteiger partial charge on any atom is 0.251 e. The number of benzene rings is 1. The zero-order valence-corrected chi connectivity index (χ0v) is 19.0. The van der Waals surface area contributed by atoms with Gasteiger partial charge < -0.3 is 10.2 Å². The molecule has 0 bridgehead atoms. The van der Waals surface area contributed by atoms with Crippen molar-refractivity contribution >= 4 is 33.2 Å². The predicted molar refractivity (Wildman–Crippen MR) is 117 cm³/mol. The van der Waals surface area contributed by atoms with Gasteiger partial charge in [-0.1, -0.05) is 19.9 Å². The molecule has 2 amide bonds. The summed E-state index contributed by atoms with van der Waals surface area (Å²) < 4.78 is 27.2. The lowest BCUT2D eigenvalue weighted by molar-refractivity contribution is -0.129. The van der Waals surface area contributed by atoms with Gasteiger partial charge in [-0.05, 0) is 41.6 Å². The minimum absolute atomic E-state index is 0.0512. The quantitative estimate of drug-likeness (QED) is 0.735. The molecule has 1 aromatic heterocycles. The highest BCUT2D eigenvalue weighted by atomic mass is 32.2. The van der Waals surface area contributed by atoms with Crippen LogP contribution in [0.2, 0.25) is 0 Å². The van der Waals surface area contributed by atoms with E-state index in [0.717, 1.165) is 4.88 Å². The lowest BCUT2D eigenvalue weighted by Crippen LogP contribution is -2.49. The average Bonchev–Trinajstić information content (AvgIpc) is 3.26. The molecule has 2 aromatic rings. The molecule has 1 atom stereocenters. The molecule has 1 aliphatic heterocycles. The van der Waals surface area contributed by atoms with E-state index in [9.17, 15) is 18.0 Å². The normalized spacial score (nSPS) is 16.5. The summed E-state index contributed by atoms with van der Waals surface area (Å²) in [6, 6.07) is 9.88. The van der Waals surface area contributed by atoms with Gasteiger partial charge in [-0.2, -0.15) is 4.31 Å². The van der Waals surface area contributed by atoms with Crippen molar-refractivity contribution in [3.05, 3.63) is 52.2 Å². The van der Waals surface area contributed by atoms with E-state index in [2.05, 4.69) is 5.32 Å². The van der Waals surface area contributed by atoms with E-state index in [1.165, 1.54) is 23.4 Å². The van der Waals surface area contributed by atoms with Crippen molar-refractivity contribution < 1.29 is 18.0 Å². The molecular weight excluding hydrogens is 422 g/mol. The zero-order chi connectivity index (χ0) is 21.9. The molecule has 0 spiro atoms. The van der Waals surface area contributed by atoms with Crippen LogP contribution in [0.3, 0.4) is 0 Å². The summed E-state index contributed by atoms with van der Waals surface area (Å²) >= 11 is 1.60. The maximum absolute atomic E-state index is 12.9. The second kappa shape index (κ2) is 9.28. The lowest BCUT2D eigenvalue weighted by atomic mass is 10.0. The van der Waals surface area contributed by atoms with Crippen molar-refractivity contribution in [3.8, 4) is 0 Å². The summed E-state index contributed by atoms with van der Waals surface area (Å²) in [5.74, 6) is -0.0632. The molecule has 2 heterocycles. The molecule has 1 aromatic carbocycles. The number of nitrogens with zero attached hydrogens (tertiary/aromatic N) is 2. The van der Waals surface area contributed by atoms with Crippen LogP contribution in [0.5, 0.6) is 0 Å². The first-order valence-electron chi connectivity index (χ1n) is 9.90. The molecule has 7 nitrogen and oxygen atoms in total. The van der Waals surface area contributed by atoms with Gasteiger partial charge in [0.15, 0.2) is 0 Å². The first kappa shape index (κ1) is 22.5. The molecule has 30 heavy (non-hydrogen) atoms. The molecule has 9 heteroatoms. The van der Waals surface area contributed by atoms with Crippen molar-refractivity contribution in [3.63, 3.8) is 0 Å². The minimum atomic E-state index is -3.66. The average molecular weight is 450 g/mol. The van der Waals surface area contributed by atoms with Crippen LogP contribution in [0.25, 0.3) is 0 Å². The summed E-state index contributed by atoms with van der Waals surface area (Å²) in [5, 5.41) is 5.03. The third kappa shape index (κ3) is 4.91. The van der Waals surface area contributed by atoms with Crippen LogP contribution >= 0.6 is 11.3 Å². The summed E-state index contributed by atoms with van der Waals surface area (Å²) in [6.07, 6.45) is 0. The molecule has 1 aliphatic rings. The van der Waals surface area contributed by atoms with Gasteiger partial charge in [0.1, 0.15) is 0 Å². The Balaban J connectivity index is 1.69. The predicted octanol–water partition coefficient (Wildman–Crippen LogP) is 2.73. The molecule has 0 aliphatic carbocycles. The first-order chi connectivity index (χ1) is 14.2. The van der Waals surface area contributed by atoms with E-state index in [4.69, 9.17) is 0 Å². The number of amides is 2. The smallest absolute Gasteiger partial charge is 0.251 e. The molecule has 162 valence electrons. The fourth-order valence-corrected chi connectivity index (χ4v) is 5.80. The Morgan fingerprint density at radius 2 is 1.67 bits per heavy atom. The first-order valence-corrected chi connectivity index (χ1v) is 12.2. The van der Waals surface area contributed by atoms with Crippen molar-refractivity contribution in [1.82, 2.24) is 14.5 Å². The van der Waals surface area contributed by atoms with Gasteiger partial charge in [0.2, 0.25) is 15.9 Å². The molecule has 1 N–H and O–H groups in total. The van der Waals surface area contributed by atoms with E-state index < -0.39 is 10.0 Å². The maximum atomic E-state index is 12.9. The van der Waals surface area contributed by atoms with Crippen molar-refractivity contribution in [2.75, 3.05) is 26.2 Å². The number of carbonyl (C=O) groups is 2. The highest BCUT2D eigenvalue weighted by molar-refractivity contribution is 7.89. The summed E-state index contributed by atoms with van der Waals surface area (Å²) in [5.41, 5.74) is 0.414. The molecule has 3 rings (SSSR count). The Kier molecular flexibility index (Phi) is 6.95. The lowest BCUT2D eigenvalue weighted by Gasteiger charge is -2.33. The third-order valence-corrected chi connectivity index (χ3v) is 8.11. The third-order valence-electron chi connectivity index (χ3n) is 5.24. The van der Waals surface area contributed by atoms with E-state index in [1.54, 1.807) is 28.4 Å².